The van der Waals surface area contributed by atoms with Crippen molar-refractivity contribution in [1.82, 2.24) is 0 Å². The first-order chi connectivity index (χ1) is 8.71. The number of benzene rings is 1. The monoisotopic (exact) mass is 319 g/mol. The van der Waals surface area contributed by atoms with Crippen molar-refractivity contribution in [2.45, 2.75) is 18.9 Å². The Morgan fingerprint density at radius 1 is 1.30 bits per heavy atom. The average molecular weight is 320 g/mol. The molecule has 3 nitrogen and oxygen atoms in total. The molecule has 114 valence electrons. The number of hydrogen-bond donors (Lipinski definition) is 1. The number of hydrogen-bond acceptors (Lipinski definition) is 3. The zero-order valence-electron chi connectivity index (χ0n) is 10.1. The van der Waals surface area contributed by atoms with Gasteiger partial charge in [0.15, 0.2) is 0 Å². The van der Waals surface area contributed by atoms with Crippen LogP contribution in [-0.2, 0) is 9.53 Å². The fourth-order valence-corrected chi connectivity index (χ4v) is 1.39. The van der Waals surface area contributed by atoms with Crippen LogP contribution < -0.4 is 5.73 Å². The highest BCUT2D eigenvalue weighted by Crippen LogP contribution is 2.33. The van der Waals surface area contributed by atoms with Gasteiger partial charge in [0.05, 0.1) is 6.61 Å². The highest BCUT2D eigenvalue weighted by atomic mass is 35.5. The van der Waals surface area contributed by atoms with Crippen molar-refractivity contribution in [2.75, 3.05) is 6.61 Å². The summed E-state index contributed by atoms with van der Waals surface area (Å²) in [7, 11) is 0. The molecule has 0 radical (unpaired) electrons. The van der Waals surface area contributed by atoms with Crippen molar-refractivity contribution < 1.29 is 31.5 Å². The van der Waals surface area contributed by atoms with Gasteiger partial charge in [-0.3, -0.25) is 0 Å². The van der Waals surface area contributed by atoms with E-state index in [9.17, 15) is 26.7 Å². The standard InChI is InChI=1S/C11H10F5NO2.ClH/c1-2-19-10(18)11(15,16)9(17)8-6(13)3-5(12)4-7(8)14;/h3-4,9H,2,17H2,1H3;1H/t9-;/m0./s1. The Hall–Kier alpha value is -1.41. The lowest BCUT2D eigenvalue weighted by Gasteiger charge is -2.22. The second kappa shape index (κ2) is 6.85. The van der Waals surface area contributed by atoms with E-state index in [0.29, 0.717) is 0 Å². The molecular formula is C11H11ClF5NO2. The van der Waals surface area contributed by atoms with Crippen LogP contribution in [-0.4, -0.2) is 18.5 Å². The molecule has 0 bridgehead atoms. The molecule has 0 fully saturated rings. The minimum absolute atomic E-state index is 0. The summed E-state index contributed by atoms with van der Waals surface area (Å²) in [4.78, 5) is 11.0. The summed E-state index contributed by atoms with van der Waals surface area (Å²) in [5.74, 6) is -10.8. The lowest BCUT2D eigenvalue weighted by atomic mass is 10.00. The Labute approximate surface area is 117 Å². The zero-order chi connectivity index (χ0) is 14.8. The van der Waals surface area contributed by atoms with Gasteiger partial charge in [0.25, 0.3) is 0 Å². The molecule has 0 aliphatic rings. The quantitative estimate of drug-likeness (QED) is 0.686. The topological polar surface area (TPSA) is 52.3 Å². The van der Waals surface area contributed by atoms with Crippen LogP contribution in [0, 0.1) is 17.5 Å². The van der Waals surface area contributed by atoms with Gasteiger partial charge in [0.2, 0.25) is 0 Å². The first-order valence-corrected chi connectivity index (χ1v) is 5.16. The van der Waals surface area contributed by atoms with Gasteiger partial charge >= 0.3 is 11.9 Å². The summed E-state index contributed by atoms with van der Waals surface area (Å²) >= 11 is 0. The van der Waals surface area contributed by atoms with E-state index in [1.807, 2.05) is 0 Å². The Kier molecular flexibility index (Phi) is 6.36. The van der Waals surface area contributed by atoms with Gasteiger partial charge in [-0.05, 0) is 6.92 Å². The maximum Gasteiger partial charge on any atom is 0.379 e. The summed E-state index contributed by atoms with van der Waals surface area (Å²) < 4.78 is 70.3. The molecule has 0 aliphatic carbocycles. The van der Waals surface area contributed by atoms with Crippen molar-refractivity contribution >= 4 is 18.4 Å². The normalized spacial score (nSPS) is 12.6. The molecule has 0 aliphatic heterocycles. The van der Waals surface area contributed by atoms with Crippen molar-refractivity contribution in [3.63, 3.8) is 0 Å². The third kappa shape index (κ3) is 3.57. The van der Waals surface area contributed by atoms with Gasteiger partial charge in [-0.25, -0.2) is 18.0 Å². The number of alkyl halides is 2. The maximum absolute atomic E-state index is 13.5. The molecule has 0 heterocycles. The maximum atomic E-state index is 13.5. The van der Waals surface area contributed by atoms with Crippen molar-refractivity contribution in [3.05, 3.63) is 35.1 Å². The Morgan fingerprint density at radius 2 is 1.75 bits per heavy atom. The molecule has 0 saturated heterocycles. The van der Waals surface area contributed by atoms with E-state index < -0.39 is 40.9 Å². The molecule has 0 unspecified atom stereocenters. The molecule has 20 heavy (non-hydrogen) atoms. The molecule has 0 aromatic heterocycles. The van der Waals surface area contributed by atoms with Crippen LogP contribution in [0.1, 0.15) is 18.5 Å². The number of ether oxygens (including phenoxy) is 1. The molecule has 1 aromatic rings. The predicted molar refractivity (Wildman–Crippen MR) is 62.1 cm³/mol. The van der Waals surface area contributed by atoms with Crippen LogP contribution in [0.4, 0.5) is 22.0 Å². The van der Waals surface area contributed by atoms with Crippen LogP contribution in [0.3, 0.4) is 0 Å². The first-order valence-electron chi connectivity index (χ1n) is 5.16. The predicted octanol–water partition coefficient (Wildman–Crippen LogP) is 2.72. The van der Waals surface area contributed by atoms with Gasteiger partial charge < -0.3 is 10.5 Å². The van der Waals surface area contributed by atoms with Crippen molar-refractivity contribution in [3.8, 4) is 0 Å². The number of nitrogens with two attached hydrogens (primary N) is 1. The Morgan fingerprint density at radius 3 is 2.15 bits per heavy atom. The number of esters is 1. The minimum Gasteiger partial charge on any atom is -0.462 e. The average Bonchev–Trinajstić information content (AvgIpc) is 2.27. The van der Waals surface area contributed by atoms with Gasteiger partial charge in [0.1, 0.15) is 23.5 Å². The van der Waals surface area contributed by atoms with Crippen LogP contribution in [0.15, 0.2) is 12.1 Å². The lowest BCUT2D eigenvalue weighted by Crippen LogP contribution is -2.42. The van der Waals surface area contributed by atoms with E-state index in [4.69, 9.17) is 5.73 Å². The van der Waals surface area contributed by atoms with Crippen LogP contribution >= 0.6 is 12.4 Å². The highest BCUT2D eigenvalue weighted by Gasteiger charge is 2.49. The van der Waals surface area contributed by atoms with Crippen molar-refractivity contribution in [1.29, 1.82) is 0 Å². The smallest absolute Gasteiger partial charge is 0.379 e. The fourth-order valence-electron chi connectivity index (χ4n) is 1.39. The summed E-state index contributed by atoms with van der Waals surface area (Å²) in [6.07, 6.45) is 0. The molecule has 1 aromatic carbocycles. The second-order valence-electron chi connectivity index (χ2n) is 3.60. The second-order valence-corrected chi connectivity index (χ2v) is 3.60. The van der Waals surface area contributed by atoms with Crippen LogP contribution in [0.25, 0.3) is 0 Å². The fraction of sp³-hybridized carbons (Fsp3) is 0.364. The van der Waals surface area contributed by atoms with E-state index in [1.165, 1.54) is 6.92 Å². The Bertz CT molecular complexity index is 475. The third-order valence-electron chi connectivity index (χ3n) is 2.29. The van der Waals surface area contributed by atoms with E-state index in [0.717, 1.165) is 0 Å². The summed E-state index contributed by atoms with van der Waals surface area (Å²) in [6.45, 7) is 0.925. The van der Waals surface area contributed by atoms with E-state index in [1.54, 1.807) is 0 Å². The summed E-state index contributed by atoms with van der Waals surface area (Å²) in [5.41, 5.74) is 3.72. The first kappa shape index (κ1) is 18.6. The SMILES string of the molecule is CCOC(=O)C(F)(F)[C@@H](N)c1c(F)cc(F)cc1F.Cl. The molecule has 9 heteroatoms. The molecular weight excluding hydrogens is 309 g/mol. The molecule has 1 rings (SSSR count). The number of carbonyl (C=O) groups is 1. The van der Waals surface area contributed by atoms with Gasteiger partial charge in [-0.1, -0.05) is 0 Å². The van der Waals surface area contributed by atoms with Crippen molar-refractivity contribution in [2.24, 2.45) is 5.73 Å². The number of rotatable bonds is 4. The van der Waals surface area contributed by atoms with Gasteiger partial charge in [-0.2, -0.15) is 8.78 Å². The minimum atomic E-state index is -4.34. The number of carbonyl (C=O) groups excluding carboxylic acids is 1. The van der Waals surface area contributed by atoms with Crippen LogP contribution in [0.5, 0.6) is 0 Å². The zero-order valence-corrected chi connectivity index (χ0v) is 10.9. The molecule has 0 amide bonds. The third-order valence-corrected chi connectivity index (χ3v) is 2.29. The Balaban J connectivity index is 0.00000361. The van der Waals surface area contributed by atoms with E-state index in [2.05, 4.69) is 4.74 Å². The molecule has 0 spiro atoms. The molecule has 2 N–H and O–H groups in total. The molecule has 0 saturated carbocycles. The molecule has 1 atom stereocenters. The largest absolute Gasteiger partial charge is 0.462 e. The summed E-state index contributed by atoms with van der Waals surface area (Å²) in [5, 5.41) is 0. The summed E-state index contributed by atoms with van der Waals surface area (Å²) in [6, 6.07) is -2.23. The van der Waals surface area contributed by atoms with Gasteiger partial charge in [0, 0.05) is 17.7 Å². The van der Waals surface area contributed by atoms with Crippen LogP contribution in [0.2, 0.25) is 0 Å². The van der Waals surface area contributed by atoms with E-state index >= 15 is 0 Å². The van der Waals surface area contributed by atoms with E-state index in [-0.39, 0.29) is 31.1 Å². The van der Waals surface area contributed by atoms with Gasteiger partial charge in [-0.15, -0.1) is 12.4 Å². The lowest BCUT2D eigenvalue weighted by molar-refractivity contribution is -0.175. The number of halogens is 6. The highest BCUT2D eigenvalue weighted by molar-refractivity contribution is 5.85.